The first-order valence-corrected chi connectivity index (χ1v) is 8.95. The van der Waals surface area contributed by atoms with Crippen LogP contribution in [0.25, 0.3) is 0 Å². The SMILES string of the molecule is CC(=O)N(C)c1ccc(NC(C)C(=O)NCCOc2cccc(C)c2)cc1. The fourth-order valence-corrected chi connectivity index (χ4v) is 2.48. The van der Waals surface area contributed by atoms with Gasteiger partial charge in [0.15, 0.2) is 0 Å². The van der Waals surface area contributed by atoms with E-state index in [0.717, 1.165) is 22.7 Å². The lowest BCUT2D eigenvalue weighted by Gasteiger charge is -2.18. The number of carbonyl (C=O) groups is 2. The second-order valence-electron chi connectivity index (χ2n) is 6.45. The molecule has 2 amide bonds. The van der Waals surface area contributed by atoms with E-state index in [1.165, 1.54) is 6.92 Å². The lowest BCUT2D eigenvalue weighted by molar-refractivity contribution is -0.121. The summed E-state index contributed by atoms with van der Waals surface area (Å²) >= 11 is 0. The van der Waals surface area contributed by atoms with Crippen molar-refractivity contribution < 1.29 is 14.3 Å². The molecule has 0 bridgehead atoms. The maximum absolute atomic E-state index is 12.2. The largest absolute Gasteiger partial charge is 0.492 e. The average Bonchev–Trinajstić information content (AvgIpc) is 2.65. The number of amides is 2. The zero-order valence-electron chi connectivity index (χ0n) is 16.3. The van der Waals surface area contributed by atoms with E-state index in [0.29, 0.717) is 13.2 Å². The van der Waals surface area contributed by atoms with Gasteiger partial charge in [-0.3, -0.25) is 9.59 Å². The third-order valence-electron chi connectivity index (χ3n) is 4.16. The number of rotatable bonds is 8. The number of carbonyl (C=O) groups excluding carboxylic acids is 2. The Morgan fingerprint density at radius 2 is 1.85 bits per heavy atom. The van der Waals surface area contributed by atoms with Crippen molar-refractivity contribution in [1.29, 1.82) is 0 Å². The first-order valence-electron chi connectivity index (χ1n) is 8.95. The Morgan fingerprint density at radius 3 is 2.48 bits per heavy atom. The molecule has 0 radical (unpaired) electrons. The highest BCUT2D eigenvalue weighted by Gasteiger charge is 2.12. The Balaban J connectivity index is 1.75. The molecule has 0 heterocycles. The van der Waals surface area contributed by atoms with Gasteiger partial charge in [0, 0.05) is 25.3 Å². The van der Waals surface area contributed by atoms with E-state index < -0.39 is 0 Å². The summed E-state index contributed by atoms with van der Waals surface area (Å²) in [6.45, 7) is 6.16. The van der Waals surface area contributed by atoms with Gasteiger partial charge in [-0.2, -0.15) is 0 Å². The van der Waals surface area contributed by atoms with Gasteiger partial charge in [0.05, 0.1) is 6.54 Å². The molecule has 6 heteroatoms. The second-order valence-corrected chi connectivity index (χ2v) is 6.45. The molecule has 2 aromatic rings. The van der Waals surface area contributed by atoms with Gasteiger partial charge >= 0.3 is 0 Å². The van der Waals surface area contributed by atoms with Crippen LogP contribution in [-0.4, -0.2) is 38.1 Å². The number of aryl methyl sites for hydroxylation is 1. The number of hydrogen-bond acceptors (Lipinski definition) is 4. The molecule has 2 rings (SSSR count). The minimum atomic E-state index is -0.389. The van der Waals surface area contributed by atoms with Crippen molar-refractivity contribution in [2.45, 2.75) is 26.8 Å². The van der Waals surface area contributed by atoms with Crippen molar-refractivity contribution in [3.05, 3.63) is 54.1 Å². The van der Waals surface area contributed by atoms with Crippen LogP contribution in [0.3, 0.4) is 0 Å². The summed E-state index contributed by atoms with van der Waals surface area (Å²) in [7, 11) is 1.72. The van der Waals surface area contributed by atoms with Gasteiger partial charge in [0.1, 0.15) is 18.4 Å². The number of nitrogens with one attached hydrogen (secondary N) is 2. The predicted octanol–water partition coefficient (Wildman–Crippen LogP) is 2.97. The van der Waals surface area contributed by atoms with Crippen LogP contribution in [0.4, 0.5) is 11.4 Å². The molecule has 0 aliphatic heterocycles. The first kappa shape index (κ1) is 20.3. The first-order chi connectivity index (χ1) is 12.9. The van der Waals surface area contributed by atoms with Crippen LogP contribution in [0.1, 0.15) is 19.4 Å². The van der Waals surface area contributed by atoms with Crippen LogP contribution < -0.4 is 20.3 Å². The number of anilines is 2. The molecule has 144 valence electrons. The predicted molar refractivity (Wildman–Crippen MR) is 108 cm³/mol. The molecule has 0 aromatic heterocycles. The lowest BCUT2D eigenvalue weighted by atomic mass is 10.2. The molecule has 0 aliphatic rings. The maximum atomic E-state index is 12.2. The fourth-order valence-electron chi connectivity index (χ4n) is 2.48. The Morgan fingerprint density at radius 1 is 1.15 bits per heavy atom. The van der Waals surface area contributed by atoms with E-state index in [1.807, 2.05) is 55.5 Å². The van der Waals surface area contributed by atoms with Crippen molar-refractivity contribution in [2.24, 2.45) is 0 Å². The molecule has 0 saturated carbocycles. The summed E-state index contributed by atoms with van der Waals surface area (Å²) in [6, 6.07) is 14.8. The van der Waals surface area contributed by atoms with E-state index in [-0.39, 0.29) is 17.9 Å². The maximum Gasteiger partial charge on any atom is 0.242 e. The highest BCUT2D eigenvalue weighted by atomic mass is 16.5. The van der Waals surface area contributed by atoms with Crippen molar-refractivity contribution in [3.8, 4) is 5.75 Å². The molecule has 0 aliphatic carbocycles. The lowest BCUT2D eigenvalue weighted by Crippen LogP contribution is -2.39. The summed E-state index contributed by atoms with van der Waals surface area (Å²) in [4.78, 5) is 25.1. The molecule has 2 aromatic carbocycles. The smallest absolute Gasteiger partial charge is 0.242 e. The molecule has 6 nitrogen and oxygen atoms in total. The zero-order chi connectivity index (χ0) is 19.8. The summed E-state index contributed by atoms with van der Waals surface area (Å²) < 4.78 is 5.62. The Hall–Kier alpha value is -3.02. The van der Waals surface area contributed by atoms with Crippen LogP contribution in [0.2, 0.25) is 0 Å². The molecule has 1 unspecified atom stereocenters. The Kier molecular flexibility index (Phi) is 7.23. The van der Waals surface area contributed by atoms with Gasteiger partial charge in [-0.1, -0.05) is 12.1 Å². The van der Waals surface area contributed by atoms with Gasteiger partial charge in [-0.05, 0) is 55.8 Å². The molecule has 1 atom stereocenters. The minimum Gasteiger partial charge on any atom is -0.492 e. The van der Waals surface area contributed by atoms with Gasteiger partial charge in [0.25, 0.3) is 0 Å². The van der Waals surface area contributed by atoms with Crippen LogP contribution in [-0.2, 0) is 9.59 Å². The topological polar surface area (TPSA) is 70.7 Å². The van der Waals surface area contributed by atoms with Gasteiger partial charge in [-0.15, -0.1) is 0 Å². The van der Waals surface area contributed by atoms with E-state index >= 15 is 0 Å². The van der Waals surface area contributed by atoms with Crippen LogP contribution in [0, 0.1) is 6.92 Å². The van der Waals surface area contributed by atoms with E-state index in [2.05, 4.69) is 10.6 Å². The molecule has 0 saturated heterocycles. The quantitative estimate of drug-likeness (QED) is 0.702. The summed E-state index contributed by atoms with van der Waals surface area (Å²) in [5, 5.41) is 6.00. The van der Waals surface area contributed by atoms with Crippen LogP contribution >= 0.6 is 0 Å². The van der Waals surface area contributed by atoms with Gasteiger partial charge in [-0.25, -0.2) is 0 Å². The molecular weight excluding hydrogens is 342 g/mol. The number of ether oxygens (including phenoxy) is 1. The van der Waals surface area contributed by atoms with E-state index in [9.17, 15) is 9.59 Å². The molecule has 27 heavy (non-hydrogen) atoms. The zero-order valence-corrected chi connectivity index (χ0v) is 16.3. The van der Waals surface area contributed by atoms with E-state index in [1.54, 1.807) is 18.9 Å². The van der Waals surface area contributed by atoms with Gasteiger partial charge < -0.3 is 20.3 Å². The average molecular weight is 369 g/mol. The molecule has 0 spiro atoms. The number of benzene rings is 2. The highest BCUT2D eigenvalue weighted by molar-refractivity contribution is 5.91. The van der Waals surface area contributed by atoms with Crippen molar-refractivity contribution >= 4 is 23.2 Å². The summed E-state index contributed by atoms with van der Waals surface area (Å²) in [6.07, 6.45) is 0. The fraction of sp³-hybridized carbons (Fsp3) is 0.333. The molecular formula is C21H27N3O3. The van der Waals surface area contributed by atoms with E-state index in [4.69, 9.17) is 4.74 Å². The normalized spacial score (nSPS) is 11.4. The van der Waals surface area contributed by atoms with Crippen molar-refractivity contribution in [2.75, 3.05) is 30.4 Å². The number of nitrogens with zero attached hydrogens (tertiary/aromatic N) is 1. The third kappa shape index (κ3) is 6.33. The highest BCUT2D eigenvalue weighted by Crippen LogP contribution is 2.17. The summed E-state index contributed by atoms with van der Waals surface area (Å²) in [5.74, 6) is 0.662. The standard InChI is InChI=1S/C21H27N3O3/c1-15-6-5-7-20(14-15)27-13-12-22-21(26)16(2)23-18-8-10-19(11-9-18)24(4)17(3)25/h5-11,14,16,23H,12-13H2,1-4H3,(H,22,26). The molecule has 2 N–H and O–H groups in total. The van der Waals surface area contributed by atoms with Gasteiger partial charge in [0.2, 0.25) is 11.8 Å². The van der Waals surface area contributed by atoms with Crippen LogP contribution in [0.5, 0.6) is 5.75 Å². The summed E-state index contributed by atoms with van der Waals surface area (Å²) in [5.41, 5.74) is 2.75. The monoisotopic (exact) mass is 369 g/mol. The Bertz CT molecular complexity index is 774. The van der Waals surface area contributed by atoms with Crippen molar-refractivity contribution in [1.82, 2.24) is 5.32 Å². The van der Waals surface area contributed by atoms with Crippen LogP contribution in [0.15, 0.2) is 48.5 Å². The molecule has 0 fully saturated rings. The minimum absolute atomic E-state index is 0.0312. The second kappa shape index (κ2) is 9.62. The number of hydrogen-bond donors (Lipinski definition) is 2. The Labute approximate surface area is 160 Å². The third-order valence-corrected chi connectivity index (χ3v) is 4.16. The van der Waals surface area contributed by atoms with Crippen molar-refractivity contribution in [3.63, 3.8) is 0 Å².